The van der Waals surface area contributed by atoms with Crippen LogP contribution in [0.5, 0.6) is 5.88 Å². The summed E-state index contributed by atoms with van der Waals surface area (Å²) in [6.07, 6.45) is 2.96. The van der Waals surface area contributed by atoms with Crippen LogP contribution in [-0.4, -0.2) is 42.2 Å². The van der Waals surface area contributed by atoms with Crippen LogP contribution in [0.4, 0.5) is 10.6 Å². The van der Waals surface area contributed by atoms with Crippen molar-refractivity contribution >= 4 is 11.8 Å². The van der Waals surface area contributed by atoms with Gasteiger partial charge in [-0.2, -0.15) is 0 Å². The Hall–Kier alpha value is -3.32. The Morgan fingerprint density at radius 2 is 1.79 bits per heavy atom. The quantitative estimate of drug-likeness (QED) is 0.452. The molecular weight excluding hydrogens is 428 g/mol. The minimum Gasteiger partial charge on any atom is -0.477 e. The van der Waals surface area contributed by atoms with E-state index in [0.717, 1.165) is 37.1 Å². The number of rotatable bonds is 9. The van der Waals surface area contributed by atoms with Crippen LogP contribution in [0.25, 0.3) is 5.69 Å². The van der Waals surface area contributed by atoms with Gasteiger partial charge >= 0.3 is 6.03 Å². The van der Waals surface area contributed by atoms with Gasteiger partial charge in [-0.05, 0) is 56.7 Å². The normalized spacial score (nSPS) is 19.7. The summed E-state index contributed by atoms with van der Waals surface area (Å²) in [5.74, 6) is 1.91. The van der Waals surface area contributed by atoms with Gasteiger partial charge in [0.2, 0.25) is 5.88 Å². The number of ether oxygens (including phenoxy) is 2. The summed E-state index contributed by atoms with van der Waals surface area (Å²) in [6, 6.07) is 20.0. The molecule has 4 rings (SSSR count). The van der Waals surface area contributed by atoms with E-state index < -0.39 is 0 Å². The number of hydrogen-bond acceptors (Lipinski definition) is 4. The van der Waals surface area contributed by atoms with E-state index in [4.69, 9.17) is 9.47 Å². The standard InChI is InChI=1S/C27H34N4O3/c1-4-34-26-19(2)25(31(30-26)22-13-9-6-10-14-22)29-27(32)28-24-18-20(15-16-33-3)17-23(24)21-11-7-5-8-12-21/h5-14,20,23-24H,4,15-18H2,1-3H3,(H2,28,29,32)/t20?,23-,24+/m0/s1. The van der Waals surface area contributed by atoms with Crippen molar-refractivity contribution in [3.63, 3.8) is 0 Å². The van der Waals surface area contributed by atoms with Gasteiger partial charge in [-0.15, -0.1) is 5.10 Å². The second-order valence-corrected chi connectivity index (χ2v) is 8.80. The summed E-state index contributed by atoms with van der Waals surface area (Å²) in [6.45, 7) is 5.07. The van der Waals surface area contributed by atoms with Crippen LogP contribution in [0.3, 0.4) is 0 Å². The molecule has 0 aliphatic heterocycles. The van der Waals surface area contributed by atoms with Gasteiger partial charge in [-0.3, -0.25) is 5.32 Å². The third-order valence-electron chi connectivity index (χ3n) is 6.53. The molecule has 1 aliphatic carbocycles. The van der Waals surface area contributed by atoms with E-state index in [1.54, 1.807) is 11.8 Å². The second-order valence-electron chi connectivity index (χ2n) is 8.80. The fourth-order valence-corrected chi connectivity index (χ4v) is 4.86. The highest BCUT2D eigenvalue weighted by Crippen LogP contribution is 2.40. The predicted molar refractivity (Wildman–Crippen MR) is 134 cm³/mol. The zero-order valence-electron chi connectivity index (χ0n) is 20.2. The SMILES string of the molecule is CCOc1nn(-c2ccccc2)c(NC(=O)N[C@@H]2CC(CCOC)C[C@H]2c2ccccc2)c1C. The molecule has 0 bridgehead atoms. The average Bonchev–Trinajstić information content (AvgIpc) is 3.40. The molecule has 2 N–H and O–H groups in total. The molecule has 34 heavy (non-hydrogen) atoms. The Morgan fingerprint density at radius 1 is 1.09 bits per heavy atom. The Labute approximate surface area is 201 Å². The highest BCUT2D eigenvalue weighted by molar-refractivity contribution is 5.90. The van der Waals surface area contributed by atoms with Crippen molar-refractivity contribution in [3.8, 4) is 11.6 Å². The largest absolute Gasteiger partial charge is 0.477 e. The summed E-state index contributed by atoms with van der Waals surface area (Å²) < 4.78 is 12.7. The number of methoxy groups -OCH3 is 1. The molecule has 1 fully saturated rings. The van der Waals surface area contributed by atoms with Crippen molar-refractivity contribution in [3.05, 3.63) is 71.8 Å². The van der Waals surface area contributed by atoms with Gasteiger partial charge in [-0.1, -0.05) is 48.5 Å². The number of urea groups is 1. The van der Waals surface area contributed by atoms with Gasteiger partial charge in [0.15, 0.2) is 0 Å². The Kier molecular flexibility index (Phi) is 7.85. The van der Waals surface area contributed by atoms with E-state index >= 15 is 0 Å². The van der Waals surface area contributed by atoms with Gasteiger partial charge in [-0.25, -0.2) is 9.48 Å². The molecule has 1 aromatic heterocycles. The first-order valence-electron chi connectivity index (χ1n) is 12.0. The smallest absolute Gasteiger partial charge is 0.320 e. The van der Waals surface area contributed by atoms with E-state index in [9.17, 15) is 4.79 Å². The average molecular weight is 463 g/mol. The number of nitrogens with one attached hydrogen (secondary N) is 2. The maximum atomic E-state index is 13.2. The molecule has 3 atom stereocenters. The van der Waals surface area contributed by atoms with Crippen LogP contribution in [-0.2, 0) is 4.74 Å². The lowest BCUT2D eigenvalue weighted by Crippen LogP contribution is -2.40. The van der Waals surface area contributed by atoms with Crippen LogP contribution in [0.15, 0.2) is 60.7 Å². The van der Waals surface area contributed by atoms with E-state index in [1.807, 2.05) is 50.2 Å². The van der Waals surface area contributed by atoms with Crippen molar-refractivity contribution in [2.75, 3.05) is 25.6 Å². The zero-order valence-corrected chi connectivity index (χ0v) is 20.2. The fourth-order valence-electron chi connectivity index (χ4n) is 4.86. The van der Waals surface area contributed by atoms with Crippen LogP contribution < -0.4 is 15.4 Å². The number of hydrogen-bond donors (Lipinski definition) is 2. The maximum absolute atomic E-state index is 13.2. The first-order chi connectivity index (χ1) is 16.6. The van der Waals surface area contributed by atoms with Crippen LogP contribution in [0.1, 0.15) is 43.2 Å². The number of anilines is 1. The summed E-state index contributed by atoms with van der Waals surface area (Å²) in [5, 5.41) is 10.9. The number of carbonyl (C=O) groups excluding carboxylic acids is 1. The number of carbonyl (C=O) groups is 1. The van der Waals surface area contributed by atoms with Crippen LogP contribution in [0, 0.1) is 12.8 Å². The molecule has 1 heterocycles. The van der Waals surface area contributed by atoms with E-state index in [0.29, 0.717) is 24.2 Å². The van der Waals surface area contributed by atoms with Gasteiger partial charge < -0.3 is 14.8 Å². The molecule has 3 aromatic rings. The topological polar surface area (TPSA) is 77.4 Å². The van der Waals surface area contributed by atoms with E-state index in [1.165, 1.54) is 5.56 Å². The summed E-state index contributed by atoms with van der Waals surface area (Å²) in [7, 11) is 1.74. The number of nitrogens with zero attached hydrogens (tertiary/aromatic N) is 2. The molecule has 7 heteroatoms. The zero-order chi connectivity index (χ0) is 23.9. The number of para-hydroxylation sites is 1. The van der Waals surface area contributed by atoms with Crippen LogP contribution >= 0.6 is 0 Å². The van der Waals surface area contributed by atoms with Crippen LogP contribution in [0.2, 0.25) is 0 Å². The molecule has 1 saturated carbocycles. The highest BCUT2D eigenvalue weighted by atomic mass is 16.5. The lowest BCUT2D eigenvalue weighted by molar-refractivity contribution is 0.177. The number of aromatic nitrogens is 2. The Bertz CT molecular complexity index is 1070. The predicted octanol–water partition coefficient (Wildman–Crippen LogP) is 5.30. The molecule has 180 valence electrons. The van der Waals surface area contributed by atoms with Crippen molar-refractivity contribution in [2.24, 2.45) is 5.92 Å². The molecule has 2 amide bonds. The molecule has 1 unspecified atom stereocenters. The highest BCUT2D eigenvalue weighted by Gasteiger charge is 2.36. The number of amides is 2. The van der Waals surface area contributed by atoms with E-state index in [-0.39, 0.29) is 18.0 Å². The molecule has 7 nitrogen and oxygen atoms in total. The lowest BCUT2D eigenvalue weighted by atomic mass is 9.93. The van der Waals surface area contributed by atoms with Crippen molar-refractivity contribution in [1.29, 1.82) is 0 Å². The molecule has 0 saturated heterocycles. The maximum Gasteiger partial charge on any atom is 0.320 e. The van der Waals surface area contributed by atoms with Gasteiger partial charge in [0, 0.05) is 25.7 Å². The van der Waals surface area contributed by atoms with Crippen molar-refractivity contribution < 1.29 is 14.3 Å². The minimum absolute atomic E-state index is 0.0454. The van der Waals surface area contributed by atoms with Gasteiger partial charge in [0.1, 0.15) is 5.82 Å². The first kappa shape index (κ1) is 23.8. The third-order valence-corrected chi connectivity index (χ3v) is 6.53. The van der Waals surface area contributed by atoms with Crippen molar-refractivity contribution in [1.82, 2.24) is 15.1 Å². The third kappa shape index (κ3) is 5.42. The Balaban J connectivity index is 1.54. The van der Waals surface area contributed by atoms with Crippen molar-refractivity contribution in [2.45, 2.75) is 45.1 Å². The summed E-state index contributed by atoms with van der Waals surface area (Å²) in [4.78, 5) is 13.2. The minimum atomic E-state index is -0.235. The Morgan fingerprint density at radius 3 is 2.47 bits per heavy atom. The summed E-state index contributed by atoms with van der Waals surface area (Å²) >= 11 is 0. The molecule has 2 aromatic carbocycles. The molecule has 0 spiro atoms. The van der Waals surface area contributed by atoms with E-state index in [2.05, 4.69) is 40.0 Å². The summed E-state index contributed by atoms with van der Waals surface area (Å²) in [5.41, 5.74) is 2.91. The van der Waals surface area contributed by atoms with Gasteiger partial charge in [0.05, 0.1) is 17.9 Å². The fraction of sp³-hybridized carbons (Fsp3) is 0.407. The monoisotopic (exact) mass is 462 g/mol. The molecule has 1 aliphatic rings. The molecular formula is C27H34N4O3. The number of benzene rings is 2. The molecule has 0 radical (unpaired) electrons. The first-order valence-corrected chi connectivity index (χ1v) is 12.0. The van der Waals surface area contributed by atoms with Gasteiger partial charge in [0.25, 0.3) is 0 Å². The lowest BCUT2D eigenvalue weighted by Gasteiger charge is -2.22. The second kappa shape index (κ2) is 11.2.